The normalized spacial score (nSPS) is 10.3. The molecule has 0 unspecified atom stereocenters. The molecular weight excluding hydrogens is 292 g/mol. The summed E-state index contributed by atoms with van der Waals surface area (Å²) in [5.74, 6) is -0.161. The van der Waals surface area contributed by atoms with Crippen LogP contribution in [0.2, 0.25) is 0 Å². The number of nitro benzene ring substituents is 1. The van der Waals surface area contributed by atoms with Gasteiger partial charge in [0.15, 0.2) is 11.4 Å². The maximum atomic E-state index is 11.6. The lowest BCUT2D eigenvalue weighted by molar-refractivity contribution is -0.386. The lowest BCUT2D eigenvalue weighted by Crippen LogP contribution is -2.08. The van der Waals surface area contributed by atoms with Gasteiger partial charge in [-0.2, -0.15) is 0 Å². The summed E-state index contributed by atoms with van der Waals surface area (Å²) in [6, 6.07) is 4.54. The maximum Gasteiger partial charge on any atom is 0.360 e. The van der Waals surface area contributed by atoms with Gasteiger partial charge in [-0.05, 0) is 25.5 Å². The highest BCUT2D eigenvalue weighted by Gasteiger charge is 2.22. The molecule has 2 rings (SSSR count). The third-order valence-corrected chi connectivity index (χ3v) is 3.05. The van der Waals surface area contributed by atoms with E-state index in [1.54, 1.807) is 26.0 Å². The fourth-order valence-electron chi connectivity index (χ4n) is 1.86. The fraction of sp³-hybridized carbons (Fsp3) is 0.286. The first-order valence-corrected chi connectivity index (χ1v) is 6.35. The number of nitro groups is 1. The molecule has 1 heterocycles. The maximum absolute atomic E-state index is 11.6. The van der Waals surface area contributed by atoms with Crippen LogP contribution in [0.4, 0.5) is 5.69 Å². The lowest BCUT2D eigenvalue weighted by Gasteiger charge is -2.07. The summed E-state index contributed by atoms with van der Waals surface area (Å²) in [5, 5.41) is 14.6. The van der Waals surface area contributed by atoms with Crippen molar-refractivity contribution in [3.05, 3.63) is 50.9 Å². The molecule has 0 saturated carbocycles. The monoisotopic (exact) mass is 306 g/mol. The molecule has 0 N–H and O–H groups in total. The Morgan fingerprint density at radius 2 is 2.14 bits per heavy atom. The molecule has 0 bridgehead atoms. The van der Waals surface area contributed by atoms with E-state index in [0.717, 1.165) is 5.56 Å². The number of rotatable bonds is 5. The minimum absolute atomic E-state index is 0.00435. The third-order valence-electron chi connectivity index (χ3n) is 3.05. The minimum Gasteiger partial charge on any atom is -0.482 e. The number of carbonyl (C=O) groups is 1. The number of hydrogen-bond donors (Lipinski definition) is 0. The number of nitrogens with zero attached hydrogens (tertiary/aromatic N) is 2. The van der Waals surface area contributed by atoms with E-state index in [0.29, 0.717) is 11.3 Å². The number of aryl methyl sites for hydroxylation is 2. The Morgan fingerprint density at radius 3 is 2.77 bits per heavy atom. The molecule has 1 aromatic heterocycles. The van der Waals surface area contributed by atoms with Gasteiger partial charge in [-0.15, -0.1) is 0 Å². The number of esters is 1. The molecule has 0 saturated heterocycles. The first-order chi connectivity index (χ1) is 10.4. The largest absolute Gasteiger partial charge is 0.482 e. The summed E-state index contributed by atoms with van der Waals surface area (Å²) in [4.78, 5) is 22.1. The van der Waals surface area contributed by atoms with E-state index in [9.17, 15) is 14.9 Å². The van der Waals surface area contributed by atoms with Crippen LogP contribution in [0.5, 0.6) is 5.75 Å². The van der Waals surface area contributed by atoms with Crippen LogP contribution in [-0.2, 0) is 11.3 Å². The van der Waals surface area contributed by atoms with Crippen molar-refractivity contribution in [2.24, 2.45) is 0 Å². The topological polar surface area (TPSA) is 105 Å². The number of methoxy groups -OCH3 is 1. The van der Waals surface area contributed by atoms with Crippen LogP contribution in [0, 0.1) is 24.0 Å². The number of hydrogen-bond acceptors (Lipinski definition) is 7. The standard InChI is InChI=1S/C14H14N2O6/c1-8-4-5-11(16(18)19)12(6-8)21-7-10-9(2)22-15-13(10)14(17)20-3/h4-6H,7H2,1-3H3. The van der Waals surface area contributed by atoms with Crippen LogP contribution in [0.25, 0.3) is 0 Å². The molecule has 0 aliphatic rings. The Hall–Kier alpha value is -2.90. The van der Waals surface area contributed by atoms with Crippen LogP contribution in [0.1, 0.15) is 27.4 Å². The van der Waals surface area contributed by atoms with Gasteiger partial charge in [-0.1, -0.05) is 11.2 Å². The zero-order chi connectivity index (χ0) is 16.3. The molecule has 1 aromatic carbocycles. The lowest BCUT2D eigenvalue weighted by atomic mass is 10.2. The second-order valence-electron chi connectivity index (χ2n) is 4.57. The average Bonchev–Trinajstić information content (AvgIpc) is 2.85. The molecule has 116 valence electrons. The molecule has 8 nitrogen and oxygen atoms in total. The van der Waals surface area contributed by atoms with Crippen LogP contribution in [0.3, 0.4) is 0 Å². The average molecular weight is 306 g/mol. The van der Waals surface area contributed by atoms with Crippen LogP contribution >= 0.6 is 0 Å². The van der Waals surface area contributed by atoms with Gasteiger partial charge in [0.25, 0.3) is 0 Å². The van der Waals surface area contributed by atoms with Gasteiger partial charge in [-0.3, -0.25) is 10.1 Å². The Labute approximate surface area is 125 Å². The summed E-state index contributed by atoms with van der Waals surface area (Å²) in [6.07, 6.45) is 0. The molecule has 0 radical (unpaired) electrons. The van der Waals surface area contributed by atoms with Gasteiger partial charge in [0.1, 0.15) is 12.4 Å². The van der Waals surface area contributed by atoms with Crippen LogP contribution < -0.4 is 4.74 Å². The summed E-state index contributed by atoms with van der Waals surface area (Å²) in [6.45, 7) is 3.31. The van der Waals surface area contributed by atoms with Crippen LogP contribution in [0.15, 0.2) is 22.7 Å². The first kappa shape index (κ1) is 15.5. The molecular formula is C14H14N2O6. The Bertz CT molecular complexity index is 722. The van der Waals surface area contributed by atoms with Gasteiger partial charge >= 0.3 is 11.7 Å². The Balaban J connectivity index is 2.28. The molecule has 2 aromatic rings. The number of ether oxygens (including phenoxy) is 2. The summed E-state index contributed by atoms with van der Waals surface area (Å²) in [7, 11) is 1.22. The third kappa shape index (κ3) is 3.05. The highest BCUT2D eigenvalue weighted by molar-refractivity contribution is 5.88. The van der Waals surface area contributed by atoms with Crippen molar-refractivity contribution in [2.45, 2.75) is 20.5 Å². The second kappa shape index (κ2) is 6.25. The van der Waals surface area contributed by atoms with E-state index in [2.05, 4.69) is 9.89 Å². The van der Waals surface area contributed by atoms with Crippen molar-refractivity contribution in [1.82, 2.24) is 5.16 Å². The van der Waals surface area contributed by atoms with Gasteiger partial charge in [0, 0.05) is 6.07 Å². The van der Waals surface area contributed by atoms with Crippen molar-refractivity contribution in [1.29, 1.82) is 0 Å². The predicted molar refractivity (Wildman–Crippen MR) is 74.7 cm³/mol. The highest BCUT2D eigenvalue weighted by atomic mass is 16.6. The van der Waals surface area contributed by atoms with Gasteiger partial charge in [0.2, 0.25) is 0 Å². The summed E-state index contributed by atoms with van der Waals surface area (Å²) >= 11 is 0. The zero-order valence-corrected chi connectivity index (χ0v) is 12.3. The van der Waals surface area contributed by atoms with E-state index in [1.807, 2.05) is 0 Å². The molecule has 0 amide bonds. The van der Waals surface area contributed by atoms with Gasteiger partial charge < -0.3 is 14.0 Å². The minimum atomic E-state index is -0.658. The Kier molecular flexibility index (Phi) is 4.40. The second-order valence-corrected chi connectivity index (χ2v) is 4.57. The summed E-state index contributed by atoms with van der Waals surface area (Å²) in [5.41, 5.74) is 1.05. The molecule has 0 aliphatic heterocycles. The van der Waals surface area contributed by atoms with Crippen molar-refractivity contribution in [3.63, 3.8) is 0 Å². The van der Waals surface area contributed by atoms with Crippen molar-refractivity contribution >= 4 is 11.7 Å². The molecule has 8 heteroatoms. The van der Waals surface area contributed by atoms with Gasteiger partial charge in [-0.25, -0.2) is 4.79 Å². The van der Waals surface area contributed by atoms with Crippen molar-refractivity contribution in [2.75, 3.05) is 7.11 Å². The van der Waals surface area contributed by atoms with E-state index in [-0.39, 0.29) is 23.7 Å². The van der Waals surface area contributed by atoms with Crippen molar-refractivity contribution in [3.8, 4) is 5.75 Å². The number of aromatic nitrogens is 1. The molecule has 22 heavy (non-hydrogen) atoms. The van der Waals surface area contributed by atoms with Gasteiger partial charge in [0.05, 0.1) is 17.6 Å². The molecule has 0 aliphatic carbocycles. The quantitative estimate of drug-likeness (QED) is 0.475. The van der Waals surface area contributed by atoms with E-state index in [4.69, 9.17) is 9.26 Å². The smallest absolute Gasteiger partial charge is 0.360 e. The SMILES string of the molecule is COC(=O)c1noc(C)c1COc1cc(C)ccc1[N+](=O)[O-]. The number of benzene rings is 1. The van der Waals surface area contributed by atoms with Crippen LogP contribution in [-0.4, -0.2) is 23.2 Å². The predicted octanol–water partition coefficient (Wildman–Crippen LogP) is 2.57. The zero-order valence-electron chi connectivity index (χ0n) is 12.3. The van der Waals surface area contributed by atoms with E-state index >= 15 is 0 Å². The molecule has 0 atom stereocenters. The van der Waals surface area contributed by atoms with E-state index < -0.39 is 10.9 Å². The van der Waals surface area contributed by atoms with Crippen molar-refractivity contribution < 1.29 is 23.7 Å². The van der Waals surface area contributed by atoms with E-state index in [1.165, 1.54) is 13.2 Å². The Morgan fingerprint density at radius 1 is 1.41 bits per heavy atom. The summed E-state index contributed by atoms with van der Waals surface area (Å²) < 4.78 is 15.0. The highest BCUT2D eigenvalue weighted by Crippen LogP contribution is 2.29. The molecule has 0 spiro atoms. The fourth-order valence-corrected chi connectivity index (χ4v) is 1.86. The molecule has 0 fully saturated rings. The number of carbonyl (C=O) groups excluding carboxylic acids is 1. The first-order valence-electron chi connectivity index (χ1n) is 6.35.